The molecule has 0 aliphatic heterocycles. The van der Waals surface area contributed by atoms with Gasteiger partial charge in [0.2, 0.25) is 0 Å². The Balaban J connectivity index is 4.14. The Morgan fingerprint density at radius 2 is 1.78 bits per heavy atom. The van der Waals surface area contributed by atoms with Gasteiger partial charge in [-0.2, -0.15) is 0 Å². The Hall–Kier alpha value is -0.520. The molecule has 0 heterocycles. The van der Waals surface area contributed by atoms with Gasteiger partial charge in [0.05, 0.1) is 0 Å². The molecule has 0 radical (unpaired) electrons. The molecular formula is C9H16. The molecule has 0 atom stereocenters. The van der Waals surface area contributed by atoms with Crippen LogP contribution >= 0.6 is 0 Å². The van der Waals surface area contributed by atoms with Crippen LogP contribution in [0.3, 0.4) is 0 Å². The maximum atomic E-state index is 2.18. The van der Waals surface area contributed by atoms with Crippen molar-refractivity contribution in [2.24, 2.45) is 0 Å². The van der Waals surface area contributed by atoms with Gasteiger partial charge in [0.15, 0.2) is 0 Å². The predicted octanol–water partition coefficient (Wildman–Crippen LogP) is 3.31. The van der Waals surface area contributed by atoms with Crippen LogP contribution in [0.15, 0.2) is 23.3 Å². The van der Waals surface area contributed by atoms with Crippen molar-refractivity contribution in [3.63, 3.8) is 0 Å². The normalized spacial score (nSPS) is 14.2. The summed E-state index contributed by atoms with van der Waals surface area (Å²) in [5.41, 5.74) is 2.86. The van der Waals surface area contributed by atoms with Gasteiger partial charge in [-0.3, -0.25) is 0 Å². The van der Waals surface area contributed by atoms with Gasteiger partial charge in [-0.25, -0.2) is 0 Å². The van der Waals surface area contributed by atoms with Crippen LogP contribution in [0.2, 0.25) is 0 Å². The van der Waals surface area contributed by atoms with E-state index in [1.54, 1.807) is 0 Å². The summed E-state index contributed by atoms with van der Waals surface area (Å²) in [6.07, 6.45) is 5.47. The first-order valence-electron chi connectivity index (χ1n) is 3.54. The number of allylic oxidation sites excluding steroid dienone is 4. The van der Waals surface area contributed by atoms with E-state index in [2.05, 4.69) is 39.8 Å². The van der Waals surface area contributed by atoms with E-state index in [0.717, 1.165) is 6.42 Å². The van der Waals surface area contributed by atoms with E-state index in [0.29, 0.717) is 0 Å². The number of rotatable bonds is 2. The van der Waals surface area contributed by atoms with Gasteiger partial charge in [-0.1, -0.05) is 24.6 Å². The third-order valence-electron chi connectivity index (χ3n) is 1.67. The minimum absolute atomic E-state index is 1.15. The van der Waals surface area contributed by atoms with Crippen molar-refractivity contribution < 1.29 is 0 Å². The van der Waals surface area contributed by atoms with E-state index in [-0.39, 0.29) is 0 Å². The monoisotopic (exact) mass is 124 g/mol. The van der Waals surface area contributed by atoms with Gasteiger partial charge in [-0.15, -0.1) is 0 Å². The molecule has 0 aliphatic carbocycles. The Kier molecular flexibility index (Phi) is 4.12. The van der Waals surface area contributed by atoms with Crippen molar-refractivity contribution in [1.82, 2.24) is 0 Å². The van der Waals surface area contributed by atoms with Crippen molar-refractivity contribution in [2.75, 3.05) is 0 Å². The van der Waals surface area contributed by atoms with Gasteiger partial charge in [-0.05, 0) is 32.8 Å². The lowest BCUT2D eigenvalue weighted by Crippen LogP contribution is -1.80. The lowest BCUT2D eigenvalue weighted by atomic mass is 10.1. The predicted molar refractivity (Wildman–Crippen MR) is 43.5 cm³/mol. The second-order valence-electron chi connectivity index (χ2n) is 2.14. The molecule has 0 N–H and O–H groups in total. The van der Waals surface area contributed by atoms with Gasteiger partial charge in [0, 0.05) is 0 Å². The van der Waals surface area contributed by atoms with Crippen molar-refractivity contribution in [2.45, 2.75) is 34.1 Å². The van der Waals surface area contributed by atoms with E-state index in [1.165, 1.54) is 11.1 Å². The summed E-state index contributed by atoms with van der Waals surface area (Å²) in [5.74, 6) is 0. The molecule has 0 nitrogen and oxygen atoms in total. The summed E-state index contributed by atoms with van der Waals surface area (Å²) in [6, 6.07) is 0. The quantitative estimate of drug-likeness (QED) is 0.495. The molecule has 0 unspecified atom stereocenters. The molecule has 0 saturated carbocycles. The number of hydrogen-bond donors (Lipinski definition) is 0. The zero-order valence-corrected chi connectivity index (χ0v) is 6.86. The maximum absolute atomic E-state index is 2.18. The average molecular weight is 124 g/mol. The van der Waals surface area contributed by atoms with Crippen LogP contribution in [0.1, 0.15) is 34.1 Å². The largest absolute Gasteiger partial charge is 0.0845 e. The fourth-order valence-electron chi connectivity index (χ4n) is 0.896. The molecule has 0 heteroatoms. The molecular weight excluding hydrogens is 108 g/mol. The van der Waals surface area contributed by atoms with Crippen LogP contribution in [0.5, 0.6) is 0 Å². The Labute approximate surface area is 58.3 Å². The first kappa shape index (κ1) is 8.48. The fraction of sp³-hybridized carbons (Fsp3) is 0.556. The molecule has 0 aromatic heterocycles. The summed E-state index contributed by atoms with van der Waals surface area (Å²) in [7, 11) is 0. The average Bonchev–Trinajstić information content (AvgIpc) is 1.90. The fourth-order valence-corrected chi connectivity index (χ4v) is 0.896. The van der Waals surface area contributed by atoms with Crippen molar-refractivity contribution in [3.8, 4) is 0 Å². The minimum Gasteiger partial charge on any atom is -0.0845 e. The second kappa shape index (κ2) is 4.37. The van der Waals surface area contributed by atoms with E-state index < -0.39 is 0 Å². The van der Waals surface area contributed by atoms with E-state index >= 15 is 0 Å². The van der Waals surface area contributed by atoms with Crippen LogP contribution in [0.25, 0.3) is 0 Å². The second-order valence-corrected chi connectivity index (χ2v) is 2.14. The highest BCUT2D eigenvalue weighted by Crippen LogP contribution is 2.11. The third-order valence-corrected chi connectivity index (χ3v) is 1.67. The molecule has 0 aliphatic rings. The van der Waals surface area contributed by atoms with Crippen molar-refractivity contribution in [1.29, 1.82) is 0 Å². The zero-order chi connectivity index (χ0) is 7.28. The maximum Gasteiger partial charge on any atom is -0.0308 e. The van der Waals surface area contributed by atoms with Gasteiger partial charge < -0.3 is 0 Å². The lowest BCUT2D eigenvalue weighted by molar-refractivity contribution is 1.09. The topological polar surface area (TPSA) is 0 Å². The van der Waals surface area contributed by atoms with Crippen LogP contribution in [0.4, 0.5) is 0 Å². The summed E-state index contributed by atoms with van der Waals surface area (Å²) < 4.78 is 0. The van der Waals surface area contributed by atoms with E-state index in [9.17, 15) is 0 Å². The van der Waals surface area contributed by atoms with Crippen LogP contribution in [-0.4, -0.2) is 0 Å². The molecule has 0 bridgehead atoms. The van der Waals surface area contributed by atoms with E-state index in [1.807, 2.05) is 0 Å². The molecule has 0 amide bonds. The highest BCUT2D eigenvalue weighted by molar-refractivity contribution is 5.27. The molecule has 0 spiro atoms. The van der Waals surface area contributed by atoms with Crippen LogP contribution in [-0.2, 0) is 0 Å². The highest BCUT2D eigenvalue weighted by atomic mass is 14.0. The Morgan fingerprint density at radius 1 is 1.22 bits per heavy atom. The van der Waals surface area contributed by atoms with Gasteiger partial charge in [0.25, 0.3) is 0 Å². The standard InChI is InChI=1S/C9H16/c1-5-8(4)9(6-2)7-3/h5-6H,7H2,1-4H3/b8-5+,9-6?. The first-order chi connectivity index (χ1) is 4.26. The van der Waals surface area contributed by atoms with Crippen molar-refractivity contribution in [3.05, 3.63) is 23.3 Å². The molecule has 9 heavy (non-hydrogen) atoms. The molecule has 52 valence electrons. The van der Waals surface area contributed by atoms with Gasteiger partial charge in [0.1, 0.15) is 0 Å². The molecule has 0 saturated heterocycles. The van der Waals surface area contributed by atoms with E-state index in [4.69, 9.17) is 0 Å². The minimum atomic E-state index is 1.15. The van der Waals surface area contributed by atoms with Crippen LogP contribution in [0, 0.1) is 0 Å². The summed E-state index contributed by atoms with van der Waals surface area (Å²) in [6.45, 7) is 8.50. The zero-order valence-electron chi connectivity index (χ0n) is 6.86. The Morgan fingerprint density at radius 3 is 1.89 bits per heavy atom. The molecule has 0 aromatic rings. The first-order valence-corrected chi connectivity index (χ1v) is 3.54. The third kappa shape index (κ3) is 2.50. The Bertz CT molecular complexity index is 127. The summed E-state index contributed by atoms with van der Waals surface area (Å²) in [4.78, 5) is 0. The smallest absolute Gasteiger partial charge is 0.0308 e. The SMILES string of the molecule is CC=C(CC)/C(C)=C/C. The van der Waals surface area contributed by atoms with Crippen molar-refractivity contribution >= 4 is 0 Å². The molecule has 0 rings (SSSR count). The number of hydrogen-bond acceptors (Lipinski definition) is 0. The van der Waals surface area contributed by atoms with Gasteiger partial charge >= 0.3 is 0 Å². The highest BCUT2D eigenvalue weighted by Gasteiger charge is 1.91. The molecule has 0 aromatic carbocycles. The van der Waals surface area contributed by atoms with Crippen LogP contribution < -0.4 is 0 Å². The summed E-state index contributed by atoms with van der Waals surface area (Å²) >= 11 is 0. The summed E-state index contributed by atoms with van der Waals surface area (Å²) in [5, 5.41) is 0. The lowest BCUT2D eigenvalue weighted by Gasteiger charge is -2.00. The molecule has 0 fully saturated rings.